The third-order valence-corrected chi connectivity index (χ3v) is 3.91. The van der Waals surface area contributed by atoms with Crippen molar-refractivity contribution in [3.05, 3.63) is 0 Å². The first kappa shape index (κ1) is 13.5. The van der Waals surface area contributed by atoms with E-state index in [2.05, 4.69) is 25.8 Å². The Morgan fingerprint density at radius 2 is 2.06 bits per heavy atom. The molecule has 0 radical (unpaired) electrons. The third-order valence-electron chi connectivity index (χ3n) is 3.91. The van der Waals surface area contributed by atoms with Gasteiger partial charge in [0.1, 0.15) is 0 Å². The first-order chi connectivity index (χ1) is 7.56. The smallest absolute Gasteiger partial charge is 0.308 e. The summed E-state index contributed by atoms with van der Waals surface area (Å²) in [6.45, 7) is 5.44. The van der Waals surface area contributed by atoms with Gasteiger partial charge in [-0.05, 0) is 25.8 Å². The van der Waals surface area contributed by atoms with Crippen molar-refractivity contribution in [3.63, 3.8) is 0 Å². The van der Waals surface area contributed by atoms with Crippen LogP contribution in [0, 0.1) is 11.8 Å². The standard InChI is InChI=1S/C13H25NO2/c1-4-10(2)9-14(3)12-8-6-5-7-11(12)13(15)16/h10-12H,4-9H2,1-3H3,(H,15,16). The molecule has 1 aliphatic carbocycles. The lowest BCUT2D eigenvalue weighted by Gasteiger charge is -2.37. The molecule has 1 aliphatic rings. The largest absolute Gasteiger partial charge is 0.481 e. The van der Waals surface area contributed by atoms with Gasteiger partial charge in [-0.25, -0.2) is 0 Å². The summed E-state index contributed by atoms with van der Waals surface area (Å²) in [5, 5.41) is 9.22. The summed E-state index contributed by atoms with van der Waals surface area (Å²) in [6.07, 6.45) is 5.31. The summed E-state index contributed by atoms with van der Waals surface area (Å²) in [6, 6.07) is 0.250. The Morgan fingerprint density at radius 1 is 1.44 bits per heavy atom. The molecule has 3 atom stereocenters. The van der Waals surface area contributed by atoms with Crippen LogP contribution in [0.4, 0.5) is 0 Å². The zero-order valence-corrected chi connectivity index (χ0v) is 10.8. The second kappa shape index (κ2) is 6.24. The molecule has 0 aromatic carbocycles. The van der Waals surface area contributed by atoms with Gasteiger partial charge in [0.15, 0.2) is 0 Å². The first-order valence-electron chi connectivity index (χ1n) is 6.49. The molecule has 3 unspecified atom stereocenters. The third kappa shape index (κ3) is 3.48. The minimum atomic E-state index is -0.610. The Hall–Kier alpha value is -0.570. The molecule has 1 rings (SSSR count). The summed E-state index contributed by atoms with van der Waals surface area (Å²) in [7, 11) is 2.08. The molecule has 0 amide bonds. The summed E-state index contributed by atoms with van der Waals surface area (Å²) in [5.74, 6) is -0.107. The van der Waals surface area contributed by atoms with Crippen LogP contribution in [0.15, 0.2) is 0 Å². The molecule has 0 saturated heterocycles. The highest BCUT2D eigenvalue weighted by molar-refractivity contribution is 5.71. The summed E-state index contributed by atoms with van der Waals surface area (Å²) >= 11 is 0. The fourth-order valence-electron chi connectivity index (χ4n) is 2.68. The highest BCUT2D eigenvalue weighted by Gasteiger charge is 2.33. The van der Waals surface area contributed by atoms with Crippen LogP contribution in [0.5, 0.6) is 0 Å². The quantitative estimate of drug-likeness (QED) is 0.785. The molecule has 0 heterocycles. The molecular weight excluding hydrogens is 202 g/mol. The minimum Gasteiger partial charge on any atom is -0.481 e. The van der Waals surface area contributed by atoms with Crippen LogP contribution in [0.1, 0.15) is 46.0 Å². The topological polar surface area (TPSA) is 40.5 Å². The van der Waals surface area contributed by atoms with Gasteiger partial charge in [0.2, 0.25) is 0 Å². The van der Waals surface area contributed by atoms with Gasteiger partial charge in [-0.2, -0.15) is 0 Å². The van der Waals surface area contributed by atoms with Crippen molar-refractivity contribution >= 4 is 5.97 Å². The predicted octanol–water partition coefficient (Wildman–Crippen LogP) is 2.61. The highest BCUT2D eigenvalue weighted by atomic mass is 16.4. The SMILES string of the molecule is CCC(C)CN(C)C1CCCCC1C(=O)O. The maximum atomic E-state index is 11.2. The van der Waals surface area contributed by atoms with Crippen LogP contribution in [0.2, 0.25) is 0 Å². The number of hydrogen-bond acceptors (Lipinski definition) is 2. The molecule has 1 N–H and O–H groups in total. The number of nitrogens with zero attached hydrogens (tertiary/aromatic N) is 1. The van der Waals surface area contributed by atoms with Crippen molar-refractivity contribution in [2.24, 2.45) is 11.8 Å². The van der Waals surface area contributed by atoms with Gasteiger partial charge >= 0.3 is 5.97 Å². The van der Waals surface area contributed by atoms with Gasteiger partial charge in [-0.1, -0.05) is 33.1 Å². The summed E-state index contributed by atoms with van der Waals surface area (Å²) in [4.78, 5) is 13.5. The van der Waals surface area contributed by atoms with Crippen LogP contribution in [0.25, 0.3) is 0 Å². The Balaban J connectivity index is 2.56. The maximum absolute atomic E-state index is 11.2. The van der Waals surface area contributed by atoms with Crippen molar-refractivity contribution in [1.82, 2.24) is 4.90 Å². The van der Waals surface area contributed by atoms with Crippen molar-refractivity contribution in [1.29, 1.82) is 0 Å². The van der Waals surface area contributed by atoms with E-state index in [4.69, 9.17) is 0 Å². The molecular formula is C13H25NO2. The maximum Gasteiger partial charge on any atom is 0.308 e. The lowest BCUT2D eigenvalue weighted by molar-refractivity contribution is -0.145. The van der Waals surface area contributed by atoms with Crippen LogP contribution in [0.3, 0.4) is 0 Å². The Kier molecular flexibility index (Phi) is 5.26. The monoisotopic (exact) mass is 227 g/mol. The summed E-state index contributed by atoms with van der Waals surface area (Å²) < 4.78 is 0. The van der Waals surface area contributed by atoms with Gasteiger partial charge in [-0.15, -0.1) is 0 Å². The van der Waals surface area contributed by atoms with E-state index >= 15 is 0 Å². The van der Waals surface area contributed by atoms with E-state index in [0.717, 1.165) is 32.2 Å². The van der Waals surface area contributed by atoms with Gasteiger partial charge in [0.25, 0.3) is 0 Å². The van der Waals surface area contributed by atoms with E-state index in [9.17, 15) is 9.90 Å². The predicted molar refractivity (Wildman–Crippen MR) is 65.5 cm³/mol. The van der Waals surface area contributed by atoms with Gasteiger partial charge in [0.05, 0.1) is 5.92 Å². The molecule has 0 aromatic rings. The fraction of sp³-hybridized carbons (Fsp3) is 0.923. The zero-order valence-electron chi connectivity index (χ0n) is 10.8. The second-order valence-corrected chi connectivity index (χ2v) is 5.25. The van der Waals surface area contributed by atoms with E-state index in [0.29, 0.717) is 5.92 Å². The number of carboxylic acids is 1. The molecule has 16 heavy (non-hydrogen) atoms. The average molecular weight is 227 g/mol. The van der Waals surface area contributed by atoms with Crippen molar-refractivity contribution in [2.45, 2.75) is 52.0 Å². The molecule has 3 heteroatoms. The second-order valence-electron chi connectivity index (χ2n) is 5.25. The Bertz CT molecular complexity index is 230. The van der Waals surface area contributed by atoms with E-state index in [1.54, 1.807) is 0 Å². The molecule has 1 fully saturated rings. The van der Waals surface area contributed by atoms with Crippen LogP contribution in [-0.4, -0.2) is 35.6 Å². The molecule has 3 nitrogen and oxygen atoms in total. The number of rotatable bonds is 5. The van der Waals surface area contributed by atoms with Gasteiger partial charge < -0.3 is 10.0 Å². The molecule has 94 valence electrons. The highest BCUT2D eigenvalue weighted by Crippen LogP contribution is 2.28. The molecule has 0 spiro atoms. The lowest BCUT2D eigenvalue weighted by Crippen LogP contribution is -2.44. The number of carbonyl (C=O) groups is 1. The van der Waals surface area contributed by atoms with E-state index in [-0.39, 0.29) is 12.0 Å². The van der Waals surface area contributed by atoms with Crippen molar-refractivity contribution in [3.8, 4) is 0 Å². The number of aliphatic carboxylic acids is 1. The van der Waals surface area contributed by atoms with Crippen molar-refractivity contribution in [2.75, 3.05) is 13.6 Å². The van der Waals surface area contributed by atoms with E-state index < -0.39 is 5.97 Å². The normalized spacial score (nSPS) is 28.0. The van der Waals surface area contributed by atoms with E-state index in [1.807, 2.05) is 0 Å². The van der Waals surface area contributed by atoms with Crippen LogP contribution < -0.4 is 0 Å². The molecule has 0 bridgehead atoms. The minimum absolute atomic E-state index is 0.150. The first-order valence-corrected chi connectivity index (χ1v) is 6.49. The Labute approximate surface area is 98.8 Å². The summed E-state index contributed by atoms with van der Waals surface area (Å²) in [5.41, 5.74) is 0. The molecule has 0 aromatic heterocycles. The number of hydrogen-bond donors (Lipinski definition) is 1. The van der Waals surface area contributed by atoms with Crippen molar-refractivity contribution < 1.29 is 9.90 Å². The van der Waals surface area contributed by atoms with Crippen LogP contribution >= 0.6 is 0 Å². The fourth-order valence-corrected chi connectivity index (χ4v) is 2.68. The van der Waals surface area contributed by atoms with E-state index in [1.165, 1.54) is 6.42 Å². The molecule has 1 saturated carbocycles. The zero-order chi connectivity index (χ0) is 12.1. The van der Waals surface area contributed by atoms with Crippen LogP contribution in [-0.2, 0) is 4.79 Å². The Morgan fingerprint density at radius 3 is 2.62 bits per heavy atom. The number of carboxylic acid groups (broad SMARTS) is 1. The van der Waals surface area contributed by atoms with Gasteiger partial charge in [0, 0.05) is 12.6 Å². The molecule has 0 aliphatic heterocycles. The lowest BCUT2D eigenvalue weighted by atomic mass is 9.83. The average Bonchev–Trinajstić information content (AvgIpc) is 2.28. The van der Waals surface area contributed by atoms with Gasteiger partial charge in [-0.3, -0.25) is 4.79 Å².